The largest absolute Gasteiger partial charge is 0.351 e. The Hall–Kier alpha value is -1.42. The van der Waals surface area contributed by atoms with Crippen molar-refractivity contribution in [2.75, 3.05) is 0 Å². The first kappa shape index (κ1) is 13.6. The number of carbonyl (C=O) groups excluding carboxylic acids is 1. The molecule has 0 aliphatic carbocycles. The summed E-state index contributed by atoms with van der Waals surface area (Å²) in [5, 5.41) is 2.71. The molecule has 0 radical (unpaired) electrons. The van der Waals surface area contributed by atoms with E-state index in [1.165, 1.54) is 12.1 Å². The highest BCUT2D eigenvalue weighted by atomic mass is 19.1. The van der Waals surface area contributed by atoms with Gasteiger partial charge in [0, 0.05) is 6.54 Å². The van der Waals surface area contributed by atoms with Crippen LogP contribution in [0, 0.1) is 11.7 Å². The lowest BCUT2D eigenvalue weighted by Gasteiger charge is -2.17. The van der Waals surface area contributed by atoms with E-state index >= 15 is 0 Å². The van der Waals surface area contributed by atoms with Crippen LogP contribution < -0.4 is 11.1 Å². The van der Waals surface area contributed by atoms with E-state index in [2.05, 4.69) is 5.32 Å². The van der Waals surface area contributed by atoms with E-state index in [9.17, 15) is 9.18 Å². The van der Waals surface area contributed by atoms with E-state index in [0.29, 0.717) is 6.54 Å². The molecule has 1 amide bonds. The van der Waals surface area contributed by atoms with Crippen LogP contribution >= 0.6 is 0 Å². The fourth-order valence-electron chi connectivity index (χ4n) is 1.47. The maximum Gasteiger partial charge on any atom is 0.237 e. The van der Waals surface area contributed by atoms with Crippen molar-refractivity contribution in [1.82, 2.24) is 5.32 Å². The Morgan fingerprint density at radius 3 is 2.82 bits per heavy atom. The van der Waals surface area contributed by atoms with Crippen LogP contribution in [-0.2, 0) is 11.3 Å². The number of rotatable bonds is 5. The first-order valence-electron chi connectivity index (χ1n) is 5.82. The van der Waals surface area contributed by atoms with Crippen LogP contribution in [0.4, 0.5) is 4.39 Å². The van der Waals surface area contributed by atoms with Crippen molar-refractivity contribution in [2.24, 2.45) is 11.7 Å². The van der Waals surface area contributed by atoms with Crippen molar-refractivity contribution in [3.63, 3.8) is 0 Å². The van der Waals surface area contributed by atoms with Gasteiger partial charge in [0.25, 0.3) is 0 Å². The third kappa shape index (κ3) is 4.15. The Morgan fingerprint density at radius 1 is 1.53 bits per heavy atom. The van der Waals surface area contributed by atoms with E-state index < -0.39 is 6.04 Å². The van der Waals surface area contributed by atoms with Gasteiger partial charge in [-0.3, -0.25) is 4.79 Å². The number of halogens is 1. The van der Waals surface area contributed by atoms with E-state index in [0.717, 1.165) is 12.0 Å². The van der Waals surface area contributed by atoms with Crippen LogP contribution in [0.2, 0.25) is 0 Å². The van der Waals surface area contributed by atoms with E-state index in [-0.39, 0.29) is 17.6 Å². The molecule has 0 fully saturated rings. The van der Waals surface area contributed by atoms with Gasteiger partial charge in [-0.1, -0.05) is 32.4 Å². The number of hydrogen-bond acceptors (Lipinski definition) is 2. The van der Waals surface area contributed by atoms with Crippen molar-refractivity contribution in [2.45, 2.75) is 32.9 Å². The minimum Gasteiger partial charge on any atom is -0.351 e. The molecule has 1 aromatic rings. The lowest BCUT2D eigenvalue weighted by atomic mass is 9.99. The molecule has 0 unspecified atom stereocenters. The zero-order valence-corrected chi connectivity index (χ0v) is 10.2. The molecule has 17 heavy (non-hydrogen) atoms. The smallest absolute Gasteiger partial charge is 0.237 e. The van der Waals surface area contributed by atoms with Gasteiger partial charge in [-0.05, 0) is 23.6 Å². The maximum absolute atomic E-state index is 12.9. The van der Waals surface area contributed by atoms with Crippen LogP contribution in [-0.4, -0.2) is 11.9 Å². The van der Waals surface area contributed by atoms with Gasteiger partial charge >= 0.3 is 0 Å². The summed E-state index contributed by atoms with van der Waals surface area (Å²) in [4.78, 5) is 11.7. The number of nitrogens with one attached hydrogen (secondary N) is 1. The number of benzene rings is 1. The van der Waals surface area contributed by atoms with Crippen molar-refractivity contribution in [3.8, 4) is 0 Å². The zero-order valence-electron chi connectivity index (χ0n) is 10.2. The Bertz CT molecular complexity index is 381. The number of nitrogens with two attached hydrogens (primary N) is 1. The number of hydrogen-bond donors (Lipinski definition) is 2. The van der Waals surface area contributed by atoms with Gasteiger partial charge in [0.05, 0.1) is 6.04 Å². The highest BCUT2D eigenvalue weighted by molar-refractivity contribution is 5.81. The van der Waals surface area contributed by atoms with Gasteiger partial charge in [-0.25, -0.2) is 4.39 Å². The second-order valence-electron chi connectivity index (χ2n) is 4.26. The zero-order chi connectivity index (χ0) is 12.8. The Kier molecular flexibility index (Phi) is 5.10. The third-order valence-electron chi connectivity index (χ3n) is 2.92. The molecular formula is C13H19FN2O. The molecule has 0 bridgehead atoms. The van der Waals surface area contributed by atoms with Crippen LogP contribution in [0.5, 0.6) is 0 Å². The van der Waals surface area contributed by atoms with Crippen LogP contribution in [0.1, 0.15) is 25.8 Å². The molecule has 0 heterocycles. The van der Waals surface area contributed by atoms with Crippen LogP contribution in [0.25, 0.3) is 0 Å². The fraction of sp³-hybridized carbons (Fsp3) is 0.462. The highest BCUT2D eigenvalue weighted by Gasteiger charge is 2.18. The molecular weight excluding hydrogens is 219 g/mol. The van der Waals surface area contributed by atoms with Crippen molar-refractivity contribution < 1.29 is 9.18 Å². The molecule has 3 N–H and O–H groups in total. The summed E-state index contributed by atoms with van der Waals surface area (Å²) >= 11 is 0. The molecule has 4 heteroatoms. The second-order valence-corrected chi connectivity index (χ2v) is 4.26. The summed E-state index contributed by atoms with van der Waals surface area (Å²) in [6.45, 7) is 4.23. The molecule has 1 aromatic carbocycles. The predicted molar refractivity (Wildman–Crippen MR) is 65.7 cm³/mol. The minimum absolute atomic E-state index is 0.141. The topological polar surface area (TPSA) is 55.1 Å². The summed E-state index contributed by atoms with van der Waals surface area (Å²) in [5.41, 5.74) is 6.51. The molecule has 94 valence electrons. The third-order valence-corrected chi connectivity index (χ3v) is 2.92. The summed E-state index contributed by atoms with van der Waals surface area (Å²) in [6, 6.07) is 5.64. The monoisotopic (exact) mass is 238 g/mol. The lowest BCUT2D eigenvalue weighted by molar-refractivity contribution is -0.123. The molecule has 0 saturated carbocycles. The summed E-state index contributed by atoms with van der Waals surface area (Å²) < 4.78 is 12.9. The molecule has 0 aliphatic rings. The second kappa shape index (κ2) is 6.35. The predicted octanol–water partition coefficient (Wildman–Crippen LogP) is 1.82. The van der Waals surface area contributed by atoms with E-state index in [1.807, 2.05) is 13.8 Å². The summed E-state index contributed by atoms with van der Waals surface area (Å²) in [7, 11) is 0. The molecule has 3 nitrogen and oxygen atoms in total. The van der Waals surface area contributed by atoms with E-state index in [1.54, 1.807) is 12.1 Å². The number of carbonyl (C=O) groups is 1. The van der Waals surface area contributed by atoms with Crippen molar-refractivity contribution in [3.05, 3.63) is 35.6 Å². The Morgan fingerprint density at radius 2 is 2.24 bits per heavy atom. The summed E-state index contributed by atoms with van der Waals surface area (Å²) in [5.74, 6) is -0.353. The lowest BCUT2D eigenvalue weighted by Crippen LogP contribution is -2.44. The van der Waals surface area contributed by atoms with Gasteiger partial charge in [0.15, 0.2) is 0 Å². The normalized spacial score (nSPS) is 14.1. The standard InChI is InChI=1S/C13H19FN2O/c1-3-9(2)12(15)13(17)16-8-10-5-4-6-11(14)7-10/h4-7,9,12H,3,8,15H2,1-2H3,(H,16,17)/t9-,12-/m0/s1. The first-order chi connectivity index (χ1) is 8.04. The Labute approximate surface area is 101 Å². The average molecular weight is 238 g/mol. The maximum atomic E-state index is 12.9. The molecule has 0 spiro atoms. The van der Waals surface area contributed by atoms with Crippen molar-refractivity contribution >= 4 is 5.91 Å². The number of amides is 1. The molecule has 2 atom stereocenters. The Balaban J connectivity index is 2.48. The average Bonchev–Trinajstić information content (AvgIpc) is 2.34. The SMILES string of the molecule is CC[C@H](C)[C@H](N)C(=O)NCc1cccc(F)c1. The minimum atomic E-state index is -0.506. The van der Waals surface area contributed by atoms with Crippen molar-refractivity contribution in [1.29, 1.82) is 0 Å². The van der Waals surface area contributed by atoms with Gasteiger partial charge in [0.2, 0.25) is 5.91 Å². The van der Waals surface area contributed by atoms with Crippen LogP contribution in [0.15, 0.2) is 24.3 Å². The van der Waals surface area contributed by atoms with Gasteiger partial charge in [-0.15, -0.1) is 0 Å². The molecule has 1 rings (SSSR count). The van der Waals surface area contributed by atoms with Gasteiger partial charge < -0.3 is 11.1 Å². The van der Waals surface area contributed by atoms with E-state index in [4.69, 9.17) is 5.73 Å². The molecule has 0 aromatic heterocycles. The first-order valence-corrected chi connectivity index (χ1v) is 5.82. The fourth-order valence-corrected chi connectivity index (χ4v) is 1.47. The van der Waals surface area contributed by atoms with Gasteiger partial charge in [0.1, 0.15) is 5.82 Å². The molecule has 0 saturated heterocycles. The van der Waals surface area contributed by atoms with Gasteiger partial charge in [-0.2, -0.15) is 0 Å². The van der Waals surface area contributed by atoms with Crippen LogP contribution in [0.3, 0.4) is 0 Å². The quantitative estimate of drug-likeness (QED) is 0.822. The summed E-state index contributed by atoms with van der Waals surface area (Å²) in [6.07, 6.45) is 0.856. The highest BCUT2D eigenvalue weighted by Crippen LogP contribution is 2.06. The molecule has 0 aliphatic heterocycles.